The van der Waals surface area contributed by atoms with Crippen molar-refractivity contribution in [2.75, 3.05) is 53.4 Å². The van der Waals surface area contributed by atoms with E-state index in [9.17, 15) is 38.4 Å². The summed E-state index contributed by atoms with van der Waals surface area (Å²) in [7, 11) is 1.12. The first-order chi connectivity index (χ1) is 26.7. The number of ether oxygens (including phenoxy) is 8. The monoisotopic (exact) mass is 792 g/mol. The predicted molar refractivity (Wildman–Crippen MR) is 196 cm³/mol. The molecule has 16 heteroatoms. The van der Waals surface area contributed by atoms with Crippen LogP contribution in [0.3, 0.4) is 0 Å². The van der Waals surface area contributed by atoms with Gasteiger partial charge in [0.25, 0.3) is 0 Å². The molecular weight excluding hydrogens is 736 g/mol. The van der Waals surface area contributed by atoms with Crippen LogP contribution < -0.4 is 0 Å². The van der Waals surface area contributed by atoms with E-state index in [1.54, 1.807) is 6.92 Å². The molecule has 0 aromatic carbocycles. The number of rotatable bonds is 23. The van der Waals surface area contributed by atoms with Crippen LogP contribution in [0, 0.1) is 29.6 Å². The van der Waals surface area contributed by atoms with E-state index in [0.717, 1.165) is 32.8 Å². The highest BCUT2D eigenvalue weighted by molar-refractivity contribution is 6.14. The molecule has 1 unspecified atom stereocenters. The first-order valence-corrected chi connectivity index (χ1v) is 19.0. The number of esters is 8. The van der Waals surface area contributed by atoms with Crippen molar-refractivity contribution in [3.63, 3.8) is 0 Å². The molecule has 1 atom stereocenters. The smallest absolute Gasteiger partial charge is 0.344 e. The predicted octanol–water partition coefficient (Wildman–Crippen LogP) is 4.07. The van der Waals surface area contributed by atoms with Gasteiger partial charge < -0.3 is 37.9 Å². The molecule has 0 saturated heterocycles. The summed E-state index contributed by atoms with van der Waals surface area (Å²) in [6.07, 6.45) is 7.21. The van der Waals surface area contributed by atoms with Crippen LogP contribution in [0.25, 0.3) is 0 Å². The van der Waals surface area contributed by atoms with Crippen molar-refractivity contribution in [3.8, 4) is 0 Å². The fraction of sp³-hybridized carbons (Fsp3) is 0.650. The minimum atomic E-state index is -0.978. The SMILES string of the molecule is C=C(C(=O)OC)C(=O)OCCCCCOC(=O)C(=C)C(=O)OCC1CCC(COC(=O)C(=C)C(=O)OCC2CCC(COC(=O)C(C)C(=O)OCC)CC2)CC1. The zero-order valence-electron chi connectivity index (χ0n) is 32.8. The van der Waals surface area contributed by atoms with Crippen molar-refractivity contribution in [1.82, 2.24) is 0 Å². The van der Waals surface area contributed by atoms with Crippen molar-refractivity contribution < 1.29 is 76.3 Å². The van der Waals surface area contributed by atoms with Gasteiger partial charge in [-0.3, -0.25) is 9.59 Å². The van der Waals surface area contributed by atoms with Crippen LogP contribution in [0.5, 0.6) is 0 Å². The summed E-state index contributed by atoms with van der Waals surface area (Å²) in [6.45, 7) is 14.2. The first-order valence-electron chi connectivity index (χ1n) is 19.0. The molecule has 2 saturated carbocycles. The number of hydrogen-bond donors (Lipinski definition) is 0. The second-order valence-electron chi connectivity index (χ2n) is 13.9. The van der Waals surface area contributed by atoms with Gasteiger partial charge in [0, 0.05) is 0 Å². The molecule has 2 aliphatic rings. The summed E-state index contributed by atoms with van der Waals surface area (Å²) in [5.41, 5.74) is -1.22. The Morgan fingerprint density at radius 2 is 0.768 bits per heavy atom. The summed E-state index contributed by atoms with van der Waals surface area (Å²) in [6, 6.07) is 0. The van der Waals surface area contributed by atoms with Crippen LogP contribution in [-0.4, -0.2) is 101 Å². The maximum atomic E-state index is 12.5. The molecule has 0 bridgehead atoms. The van der Waals surface area contributed by atoms with Gasteiger partial charge in [0.15, 0.2) is 5.92 Å². The summed E-state index contributed by atoms with van der Waals surface area (Å²) in [5, 5.41) is 0. The van der Waals surface area contributed by atoms with Crippen LogP contribution in [-0.2, 0) is 76.3 Å². The summed E-state index contributed by atoms with van der Waals surface area (Å²) >= 11 is 0. The van der Waals surface area contributed by atoms with Gasteiger partial charge in [0.05, 0.1) is 53.4 Å². The Morgan fingerprint density at radius 1 is 0.464 bits per heavy atom. The topological polar surface area (TPSA) is 210 Å². The van der Waals surface area contributed by atoms with Crippen LogP contribution in [0.2, 0.25) is 0 Å². The van der Waals surface area contributed by atoms with Crippen LogP contribution >= 0.6 is 0 Å². The first kappa shape index (κ1) is 47.1. The van der Waals surface area contributed by atoms with Crippen molar-refractivity contribution in [3.05, 3.63) is 36.5 Å². The summed E-state index contributed by atoms with van der Waals surface area (Å²) < 4.78 is 40.5. The fourth-order valence-electron chi connectivity index (χ4n) is 5.92. The van der Waals surface area contributed by atoms with E-state index in [0.29, 0.717) is 44.9 Å². The Balaban J connectivity index is 1.54. The summed E-state index contributed by atoms with van der Waals surface area (Å²) in [4.78, 5) is 96.2. The molecule has 16 nitrogen and oxygen atoms in total. The Labute approximate surface area is 327 Å². The van der Waals surface area contributed by atoms with Gasteiger partial charge in [-0.1, -0.05) is 19.7 Å². The van der Waals surface area contributed by atoms with Gasteiger partial charge >= 0.3 is 47.8 Å². The Kier molecular flexibility index (Phi) is 21.2. The highest BCUT2D eigenvalue weighted by Gasteiger charge is 2.30. The van der Waals surface area contributed by atoms with Gasteiger partial charge in [0.2, 0.25) is 0 Å². The maximum Gasteiger partial charge on any atom is 0.344 e. The number of carbonyl (C=O) groups excluding carboxylic acids is 8. The number of unbranched alkanes of at least 4 members (excludes halogenated alkanes) is 2. The zero-order valence-corrected chi connectivity index (χ0v) is 32.8. The lowest BCUT2D eigenvalue weighted by Gasteiger charge is -2.28. The van der Waals surface area contributed by atoms with Crippen molar-refractivity contribution in [2.45, 2.75) is 84.5 Å². The van der Waals surface area contributed by atoms with Crippen molar-refractivity contribution in [2.24, 2.45) is 29.6 Å². The van der Waals surface area contributed by atoms with Crippen LogP contribution in [0.15, 0.2) is 36.5 Å². The molecule has 0 aromatic heterocycles. The molecule has 0 radical (unpaired) electrons. The third-order valence-electron chi connectivity index (χ3n) is 9.66. The molecular formula is C40H56O16. The fourth-order valence-corrected chi connectivity index (χ4v) is 5.92. The van der Waals surface area contributed by atoms with Gasteiger partial charge in [0.1, 0.15) is 16.7 Å². The molecule has 2 fully saturated rings. The normalized spacial score (nSPS) is 19.5. The van der Waals surface area contributed by atoms with E-state index in [1.165, 1.54) is 6.92 Å². The average molecular weight is 793 g/mol. The minimum Gasteiger partial charge on any atom is -0.465 e. The molecule has 0 spiro atoms. The second-order valence-corrected chi connectivity index (χ2v) is 13.9. The molecule has 0 aromatic rings. The molecule has 0 amide bonds. The van der Waals surface area contributed by atoms with Crippen LogP contribution in [0.1, 0.15) is 84.5 Å². The molecule has 0 aliphatic heterocycles. The Bertz CT molecular complexity index is 1430. The van der Waals surface area contributed by atoms with E-state index >= 15 is 0 Å². The average Bonchev–Trinajstić information content (AvgIpc) is 3.21. The molecule has 2 rings (SSSR count). The quantitative estimate of drug-likeness (QED) is 0.0356. The molecule has 56 heavy (non-hydrogen) atoms. The molecule has 312 valence electrons. The van der Waals surface area contributed by atoms with E-state index in [-0.39, 0.29) is 75.5 Å². The van der Waals surface area contributed by atoms with Gasteiger partial charge in [-0.15, -0.1) is 0 Å². The van der Waals surface area contributed by atoms with Crippen LogP contribution in [0.4, 0.5) is 0 Å². The maximum absolute atomic E-state index is 12.5. The largest absolute Gasteiger partial charge is 0.465 e. The van der Waals surface area contributed by atoms with E-state index in [2.05, 4.69) is 24.5 Å². The Hall–Kier alpha value is -5.02. The van der Waals surface area contributed by atoms with Gasteiger partial charge in [-0.25, -0.2) is 28.8 Å². The number of hydrogen-bond acceptors (Lipinski definition) is 16. The van der Waals surface area contributed by atoms with Gasteiger partial charge in [-0.2, -0.15) is 0 Å². The van der Waals surface area contributed by atoms with E-state index in [4.69, 9.17) is 33.2 Å². The van der Waals surface area contributed by atoms with E-state index < -0.39 is 64.8 Å². The third kappa shape index (κ3) is 16.8. The highest BCUT2D eigenvalue weighted by Crippen LogP contribution is 2.31. The van der Waals surface area contributed by atoms with Crippen molar-refractivity contribution >= 4 is 47.8 Å². The second kappa shape index (κ2) is 25.2. The Morgan fingerprint density at radius 3 is 1.11 bits per heavy atom. The minimum absolute atomic E-state index is 0.0169. The highest BCUT2D eigenvalue weighted by atomic mass is 16.6. The molecule has 2 aliphatic carbocycles. The lowest BCUT2D eigenvalue weighted by molar-refractivity contribution is -0.162. The van der Waals surface area contributed by atoms with Gasteiger partial charge in [-0.05, 0) is 108 Å². The standard InChI is InChI=1S/C40H56O16/c1-7-50-34(42)26(3)37(45)53-21-29-11-15-31(16-12-29)23-55-39(47)28(5)40(48)56-24-32-17-13-30(14-18-32)22-54-38(46)27(4)36(44)52-20-10-8-9-19-51-35(43)25(2)33(41)49-6/h26,29-32H,2,4-5,7-24H2,1,3,6H3. The number of carbonyl (C=O) groups is 8. The third-order valence-corrected chi connectivity index (χ3v) is 9.66. The zero-order chi connectivity index (χ0) is 41.6. The molecule has 0 N–H and O–H groups in total. The lowest BCUT2D eigenvalue weighted by Crippen LogP contribution is -2.29. The number of methoxy groups -OCH3 is 1. The lowest BCUT2D eigenvalue weighted by atomic mass is 9.83. The van der Waals surface area contributed by atoms with Crippen molar-refractivity contribution in [1.29, 1.82) is 0 Å². The van der Waals surface area contributed by atoms with E-state index in [1.807, 2.05) is 0 Å². The summed E-state index contributed by atoms with van der Waals surface area (Å²) in [5.74, 6) is -7.07. The molecule has 0 heterocycles.